The van der Waals surface area contributed by atoms with Crippen LogP contribution in [-0.4, -0.2) is 23.7 Å². The summed E-state index contributed by atoms with van der Waals surface area (Å²) in [7, 11) is 1.61. The molecule has 5 aromatic rings. The van der Waals surface area contributed by atoms with Crippen molar-refractivity contribution >= 4 is 22.5 Å². The molecule has 0 bridgehead atoms. The fourth-order valence-corrected chi connectivity index (χ4v) is 5.13. The Morgan fingerprint density at radius 1 is 0.878 bits per heavy atom. The van der Waals surface area contributed by atoms with Gasteiger partial charge < -0.3 is 13.9 Å². The number of furan rings is 1. The minimum absolute atomic E-state index is 0.0759. The van der Waals surface area contributed by atoms with Crippen LogP contribution in [-0.2, 0) is 22.4 Å². The highest BCUT2D eigenvalue weighted by molar-refractivity contribution is 6.11. The Kier molecular flexibility index (Phi) is 6.87. The number of ether oxygens (including phenoxy) is 2. The lowest BCUT2D eigenvalue weighted by Crippen LogP contribution is -2.28. The molecular formula is C34H28FNO5. The Bertz CT molecular complexity index is 1750. The van der Waals surface area contributed by atoms with E-state index < -0.39 is 5.41 Å². The molecule has 1 aliphatic rings. The number of ketones is 2. The Labute approximate surface area is 236 Å². The van der Waals surface area contributed by atoms with E-state index >= 15 is 0 Å². The lowest BCUT2D eigenvalue weighted by molar-refractivity contribution is -0.133. The van der Waals surface area contributed by atoms with Gasteiger partial charge in [0, 0.05) is 30.5 Å². The lowest BCUT2D eigenvalue weighted by Gasteiger charge is -2.14. The van der Waals surface area contributed by atoms with E-state index in [9.17, 15) is 14.0 Å². The number of benzene rings is 3. The van der Waals surface area contributed by atoms with Gasteiger partial charge in [-0.25, -0.2) is 4.39 Å². The zero-order valence-electron chi connectivity index (χ0n) is 22.8. The van der Waals surface area contributed by atoms with Crippen molar-refractivity contribution in [2.24, 2.45) is 5.41 Å². The normalized spacial score (nSPS) is 13.6. The van der Waals surface area contributed by atoms with Gasteiger partial charge in [0.25, 0.3) is 0 Å². The summed E-state index contributed by atoms with van der Waals surface area (Å²) < 4.78 is 30.9. The molecule has 0 radical (unpaired) electrons. The Morgan fingerprint density at radius 2 is 1.54 bits per heavy atom. The Hall–Kier alpha value is -4.78. The summed E-state index contributed by atoms with van der Waals surface area (Å²) in [6, 6.07) is 22.6. The fraction of sp³-hybridized carbons (Fsp3) is 0.206. The molecule has 0 spiro atoms. The van der Waals surface area contributed by atoms with E-state index in [-0.39, 0.29) is 30.2 Å². The second-order valence-corrected chi connectivity index (χ2v) is 10.4. The molecule has 6 rings (SSSR count). The molecule has 7 heteroatoms. The van der Waals surface area contributed by atoms with Gasteiger partial charge in [0.05, 0.1) is 23.6 Å². The zero-order chi connectivity index (χ0) is 28.6. The summed E-state index contributed by atoms with van der Waals surface area (Å²) >= 11 is 0. The summed E-state index contributed by atoms with van der Waals surface area (Å²) in [5.74, 6) is 2.84. The molecular weight excluding hydrogens is 521 g/mol. The van der Waals surface area contributed by atoms with E-state index in [0.717, 1.165) is 22.3 Å². The second-order valence-electron chi connectivity index (χ2n) is 10.4. The molecule has 1 aliphatic carbocycles. The first-order chi connectivity index (χ1) is 19.8. The van der Waals surface area contributed by atoms with Crippen molar-refractivity contribution in [3.63, 3.8) is 0 Å². The topological polar surface area (TPSA) is 78.6 Å². The van der Waals surface area contributed by atoms with Gasteiger partial charge in [-0.05, 0) is 79.4 Å². The molecule has 0 aliphatic heterocycles. The van der Waals surface area contributed by atoms with Gasteiger partial charge in [-0.1, -0.05) is 24.3 Å². The van der Waals surface area contributed by atoms with Gasteiger partial charge in [-0.15, -0.1) is 0 Å². The molecule has 0 unspecified atom stereocenters. The largest absolute Gasteiger partial charge is 0.496 e. The van der Waals surface area contributed by atoms with E-state index in [4.69, 9.17) is 13.9 Å². The third-order valence-corrected chi connectivity index (χ3v) is 7.64. The minimum atomic E-state index is -0.926. The first-order valence-corrected chi connectivity index (χ1v) is 13.5. The molecule has 1 saturated carbocycles. The van der Waals surface area contributed by atoms with Gasteiger partial charge in [0.1, 0.15) is 34.6 Å². The van der Waals surface area contributed by atoms with E-state index in [2.05, 4.69) is 4.98 Å². The predicted molar refractivity (Wildman–Crippen MR) is 153 cm³/mol. The van der Waals surface area contributed by atoms with Gasteiger partial charge in [-0.2, -0.15) is 0 Å². The van der Waals surface area contributed by atoms with Crippen molar-refractivity contribution in [2.75, 3.05) is 7.11 Å². The molecule has 0 saturated heterocycles. The number of rotatable bonds is 10. The molecule has 0 N–H and O–H groups in total. The van der Waals surface area contributed by atoms with Crippen molar-refractivity contribution < 1.29 is 27.9 Å². The molecule has 0 amide bonds. The Morgan fingerprint density at radius 3 is 2.12 bits per heavy atom. The molecule has 1 fully saturated rings. The van der Waals surface area contributed by atoms with Gasteiger partial charge in [0.2, 0.25) is 0 Å². The number of hydrogen-bond donors (Lipinski definition) is 0. The van der Waals surface area contributed by atoms with E-state index in [1.165, 1.54) is 12.1 Å². The van der Waals surface area contributed by atoms with Crippen molar-refractivity contribution in [3.05, 3.63) is 108 Å². The number of aryl methyl sites for hydroxylation is 1. The highest BCUT2D eigenvalue weighted by Gasteiger charge is 2.54. The molecule has 0 atom stereocenters. The SMILES string of the molecule is COc1cc2nccc(Oc3ccc(CC(=O)C4(C(=O)Cc5ccc(F)cc5)CC4)cc3)c2cc1-c1ccc(C)o1. The summed E-state index contributed by atoms with van der Waals surface area (Å²) in [4.78, 5) is 30.6. The van der Waals surface area contributed by atoms with Crippen LogP contribution < -0.4 is 9.47 Å². The van der Waals surface area contributed by atoms with Crippen molar-refractivity contribution in [1.82, 2.24) is 4.98 Å². The third kappa shape index (κ3) is 5.35. The van der Waals surface area contributed by atoms with Gasteiger partial charge >= 0.3 is 0 Å². The van der Waals surface area contributed by atoms with Crippen molar-refractivity contribution in [3.8, 4) is 28.6 Å². The first kappa shape index (κ1) is 26.4. The molecule has 2 aromatic heterocycles. The predicted octanol–water partition coefficient (Wildman–Crippen LogP) is 7.45. The monoisotopic (exact) mass is 549 g/mol. The molecule has 3 aromatic carbocycles. The summed E-state index contributed by atoms with van der Waals surface area (Å²) in [6.45, 7) is 1.89. The standard InChI is InChI=1S/C34H28FNO5/c1-21-3-12-29(40-21)27-19-26-28(20-31(27)39-2)36-16-13-30(26)41-25-10-6-23(7-11-25)18-33(38)34(14-15-34)32(37)17-22-4-8-24(35)9-5-22/h3-13,16,19-20H,14-15,17-18H2,1-2H3. The van der Waals surface area contributed by atoms with Crippen LogP contribution in [0.2, 0.25) is 0 Å². The van der Waals surface area contributed by atoms with Crippen LogP contribution in [0.1, 0.15) is 29.7 Å². The van der Waals surface area contributed by atoms with E-state index in [1.54, 1.807) is 31.5 Å². The first-order valence-electron chi connectivity index (χ1n) is 13.5. The van der Waals surface area contributed by atoms with Crippen LogP contribution in [0, 0.1) is 18.2 Å². The third-order valence-electron chi connectivity index (χ3n) is 7.64. The van der Waals surface area contributed by atoms with E-state index in [1.807, 2.05) is 55.5 Å². The van der Waals surface area contributed by atoms with Crippen LogP contribution in [0.15, 0.2) is 89.5 Å². The Balaban J connectivity index is 1.17. The number of halogens is 1. The maximum absolute atomic E-state index is 13.2. The molecule has 41 heavy (non-hydrogen) atoms. The van der Waals surface area contributed by atoms with Crippen LogP contribution in [0.3, 0.4) is 0 Å². The summed E-state index contributed by atoms with van der Waals surface area (Å²) in [5, 5.41) is 0.798. The number of nitrogens with zero attached hydrogens (tertiary/aromatic N) is 1. The smallest absolute Gasteiger partial charge is 0.150 e. The summed E-state index contributed by atoms with van der Waals surface area (Å²) in [5.41, 5.74) is 2.11. The number of fused-ring (bicyclic) bond motifs is 1. The number of Topliss-reactive ketones (excluding diaryl/α,β-unsaturated/α-hetero) is 2. The average Bonchev–Trinajstić information content (AvgIpc) is 3.69. The molecule has 2 heterocycles. The van der Waals surface area contributed by atoms with Gasteiger partial charge in [0.15, 0.2) is 11.6 Å². The van der Waals surface area contributed by atoms with Gasteiger partial charge in [-0.3, -0.25) is 14.6 Å². The molecule has 206 valence electrons. The summed E-state index contributed by atoms with van der Waals surface area (Å²) in [6.07, 6.45) is 3.10. The van der Waals surface area contributed by atoms with E-state index in [0.29, 0.717) is 46.9 Å². The van der Waals surface area contributed by atoms with Crippen LogP contribution in [0.4, 0.5) is 4.39 Å². The maximum Gasteiger partial charge on any atom is 0.150 e. The number of aromatic nitrogens is 1. The number of carbonyl (C=O) groups excluding carboxylic acids is 2. The second kappa shape index (κ2) is 10.7. The van der Waals surface area contributed by atoms with Crippen LogP contribution in [0.25, 0.3) is 22.2 Å². The van der Waals surface area contributed by atoms with Crippen molar-refractivity contribution in [2.45, 2.75) is 32.6 Å². The maximum atomic E-state index is 13.2. The highest BCUT2D eigenvalue weighted by atomic mass is 19.1. The van der Waals surface area contributed by atoms with Crippen LogP contribution >= 0.6 is 0 Å². The van der Waals surface area contributed by atoms with Crippen molar-refractivity contribution in [1.29, 1.82) is 0 Å². The lowest BCUT2D eigenvalue weighted by atomic mass is 9.88. The number of hydrogen-bond acceptors (Lipinski definition) is 6. The number of methoxy groups -OCH3 is 1. The number of pyridine rings is 1. The fourth-order valence-electron chi connectivity index (χ4n) is 5.13. The average molecular weight is 550 g/mol. The highest BCUT2D eigenvalue weighted by Crippen LogP contribution is 2.49. The minimum Gasteiger partial charge on any atom is -0.496 e. The quantitative estimate of drug-likeness (QED) is 0.168. The zero-order valence-corrected chi connectivity index (χ0v) is 22.8. The number of carbonyl (C=O) groups is 2. The van der Waals surface area contributed by atoms with Crippen LogP contribution in [0.5, 0.6) is 17.2 Å². The molecule has 6 nitrogen and oxygen atoms in total.